The zero-order valence-corrected chi connectivity index (χ0v) is 25.8. The molecule has 214 valence electrons. The summed E-state index contributed by atoms with van der Waals surface area (Å²) in [5.74, 6) is -0.986. The lowest BCUT2D eigenvalue weighted by Crippen LogP contribution is -2.52. The second kappa shape index (κ2) is 14.4. The summed E-state index contributed by atoms with van der Waals surface area (Å²) in [5.41, 5.74) is 0.611. The van der Waals surface area contributed by atoms with Crippen molar-refractivity contribution >= 4 is 73.9 Å². The molecule has 0 radical (unpaired) electrons. The molecule has 7 nitrogen and oxygen atoms in total. The van der Waals surface area contributed by atoms with E-state index < -0.39 is 28.5 Å². The van der Waals surface area contributed by atoms with Crippen LogP contribution in [0.2, 0.25) is 20.1 Å². The SMILES string of the molecule is CCCNC(=O)[C@H](CC)N(Cc1ccc(Cl)cc1Cl)C(=O)CN(c1ccc(Cl)cc1Cl)S(=O)(=O)c1ccccc1. The molecular weight excluding hydrogens is 616 g/mol. The van der Waals surface area contributed by atoms with Gasteiger partial charge in [0.05, 0.1) is 15.6 Å². The number of hydrogen-bond acceptors (Lipinski definition) is 4. The van der Waals surface area contributed by atoms with E-state index in [0.717, 1.165) is 4.31 Å². The zero-order valence-electron chi connectivity index (χ0n) is 21.9. The molecule has 0 aliphatic carbocycles. The van der Waals surface area contributed by atoms with Crippen LogP contribution in [0.15, 0.2) is 71.6 Å². The molecular formula is C28H29Cl4N3O4S. The normalized spacial score (nSPS) is 12.1. The lowest BCUT2D eigenvalue weighted by atomic mass is 10.1. The number of nitrogens with zero attached hydrogens (tertiary/aromatic N) is 2. The van der Waals surface area contributed by atoms with Crippen LogP contribution in [0.5, 0.6) is 0 Å². The molecule has 0 fully saturated rings. The summed E-state index contributed by atoms with van der Waals surface area (Å²) >= 11 is 25.0. The fraction of sp³-hybridized carbons (Fsp3) is 0.286. The van der Waals surface area contributed by atoms with Crippen molar-refractivity contribution in [2.24, 2.45) is 0 Å². The molecule has 0 saturated heterocycles. The molecule has 0 heterocycles. The topological polar surface area (TPSA) is 86.8 Å². The first-order valence-electron chi connectivity index (χ1n) is 12.5. The van der Waals surface area contributed by atoms with E-state index in [2.05, 4.69) is 5.32 Å². The van der Waals surface area contributed by atoms with Crippen molar-refractivity contribution in [3.63, 3.8) is 0 Å². The molecule has 0 unspecified atom stereocenters. The number of amides is 2. The lowest BCUT2D eigenvalue weighted by molar-refractivity contribution is -0.140. The number of sulfonamides is 1. The Labute approximate surface area is 255 Å². The molecule has 0 aliphatic rings. The average molecular weight is 645 g/mol. The fourth-order valence-corrected chi connectivity index (χ4v) is 6.52. The van der Waals surface area contributed by atoms with Crippen molar-refractivity contribution in [2.75, 3.05) is 17.4 Å². The number of benzene rings is 3. The van der Waals surface area contributed by atoms with Gasteiger partial charge in [0.1, 0.15) is 12.6 Å². The Kier molecular flexibility index (Phi) is 11.5. The highest BCUT2D eigenvalue weighted by Crippen LogP contribution is 2.33. The first kappa shape index (κ1) is 32.0. The summed E-state index contributed by atoms with van der Waals surface area (Å²) in [4.78, 5) is 28.5. The highest BCUT2D eigenvalue weighted by atomic mass is 35.5. The van der Waals surface area contributed by atoms with Gasteiger partial charge in [0.15, 0.2) is 0 Å². The highest BCUT2D eigenvalue weighted by Gasteiger charge is 2.34. The predicted octanol–water partition coefficient (Wildman–Crippen LogP) is 6.83. The monoisotopic (exact) mass is 643 g/mol. The summed E-state index contributed by atoms with van der Waals surface area (Å²) in [7, 11) is -4.26. The van der Waals surface area contributed by atoms with Crippen LogP contribution in [-0.4, -0.2) is 44.3 Å². The van der Waals surface area contributed by atoms with Gasteiger partial charge in [-0.05, 0) is 60.9 Å². The number of carbonyl (C=O) groups excluding carboxylic acids is 2. The molecule has 3 aromatic rings. The number of nitrogens with one attached hydrogen (secondary N) is 1. The van der Waals surface area contributed by atoms with Gasteiger partial charge in [0, 0.05) is 28.2 Å². The standard InChI is InChI=1S/C28H29Cl4N3O4S/c1-3-14-33-28(37)25(4-2)34(17-19-10-11-20(29)15-23(19)31)27(36)18-35(26-13-12-21(30)16-24(26)32)40(38,39)22-8-6-5-7-9-22/h5-13,15-16,25H,3-4,14,17-18H2,1-2H3,(H,33,37)/t25-/m0/s1. The summed E-state index contributed by atoms with van der Waals surface area (Å²) < 4.78 is 28.6. The molecule has 1 atom stereocenters. The van der Waals surface area contributed by atoms with Crippen molar-refractivity contribution in [1.29, 1.82) is 0 Å². The summed E-state index contributed by atoms with van der Waals surface area (Å²) in [6, 6.07) is 15.9. The Morgan fingerprint density at radius 3 is 2.08 bits per heavy atom. The van der Waals surface area contributed by atoms with Gasteiger partial charge >= 0.3 is 0 Å². The molecule has 12 heteroatoms. The lowest BCUT2D eigenvalue weighted by Gasteiger charge is -2.33. The molecule has 0 saturated carbocycles. The van der Waals surface area contributed by atoms with Gasteiger partial charge in [-0.1, -0.05) is 84.5 Å². The maximum Gasteiger partial charge on any atom is 0.264 e. The van der Waals surface area contributed by atoms with Gasteiger partial charge in [-0.2, -0.15) is 0 Å². The quantitative estimate of drug-likeness (QED) is 0.234. The van der Waals surface area contributed by atoms with Crippen LogP contribution in [0.4, 0.5) is 5.69 Å². The minimum atomic E-state index is -4.26. The van der Waals surface area contributed by atoms with Gasteiger partial charge in [0.2, 0.25) is 11.8 Å². The molecule has 0 aromatic heterocycles. The van der Waals surface area contributed by atoms with Crippen LogP contribution in [0.25, 0.3) is 0 Å². The van der Waals surface area contributed by atoms with Crippen LogP contribution in [-0.2, 0) is 26.2 Å². The molecule has 0 spiro atoms. The smallest absolute Gasteiger partial charge is 0.264 e. The van der Waals surface area contributed by atoms with Crippen molar-refractivity contribution < 1.29 is 18.0 Å². The van der Waals surface area contributed by atoms with Gasteiger partial charge in [-0.15, -0.1) is 0 Å². The molecule has 40 heavy (non-hydrogen) atoms. The number of halogens is 4. The number of rotatable bonds is 12. The minimum absolute atomic E-state index is 0.0335. The van der Waals surface area contributed by atoms with Crippen molar-refractivity contribution in [1.82, 2.24) is 10.2 Å². The Hall–Kier alpha value is -2.49. The van der Waals surface area contributed by atoms with Gasteiger partial charge in [0.25, 0.3) is 10.0 Å². The van der Waals surface area contributed by atoms with Crippen LogP contribution in [0, 0.1) is 0 Å². The van der Waals surface area contributed by atoms with Crippen LogP contribution >= 0.6 is 46.4 Å². The Morgan fingerprint density at radius 1 is 0.875 bits per heavy atom. The van der Waals surface area contributed by atoms with Gasteiger partial charge in [-0.3, -0.25) is 13.9 Å². The third kappa shape index (κ3) is 7.83. The third-order valence-electron chi connectivity index (χ3n) is 6.08. The second-order valence-corrected chi connectivity index (χ2v) is 12.4. The number of carbonyl (C=O) groups is 2. The van der Waals surface area contributed by atoms with Crippen molar-refractivity contribution in [3.05, 3.63) is 92.4 Å². The first-order valence-corrected chi connectivity index (χ1v) is 15.5. The predicted molar refractivity (Wildman–Crippen MR) is 162 cm³/mol. The zero-order chi connectivity index (χ0) is 29.4. The second-order valence-electron chi connectivity index (χ2n) is 8.89. The van der Waals surface area contributed by atoms with Crippen LogP contribution in [0.1, 0.15) is 32.3 Å². The Balaban J connectivity index is 2.09. The van der Waals surface area contributed by atoms with Gasteiger partial charge < -0.3 is 10.2 Å². The van der Waals surface area contributed by atoms with Crippen molar-refractivity contribution in [3.8, 4) is 0 Å². The largest absolute Gasteiger partial charge is 0.354 e. The average Bonchev–Trinajstić information content (AvgIpc) is 2.92. The molecule has 1 N–H and O–H groups in total. The van der Waals surface area contributed by atoms with E-state index in [1.165, 1.54) is 35.2 Å². The number of hydrogen-bond donors (Lipinski definition) is 1. The molecule has 3 aromatic carbocycles. The van der Waals surface area contributed by atoms with E-state index in [1.807, 2.05) is 6.92 Å². The van der Waals surface area contributed by atoms with E-state index >= 15 is 0 Å². The summed E-state index contributed by atoms with van der Waals surface area (Å²) in [6.45, 7) is 3.42. The third-order valence-corrected chi connectivity index (χ3v) is 8.98. The first-order chi connectivity index (χ1) is 19.0. The summed E-state index contributed by atoms with van der Waals surface area (Å²) in [6.07, 6.45) is 0.983. The fourth-order valence-electron chi connectivity index (χ4n) is 4.04. The minimum Gasteiger partial charge on any atom is -0.354 e. The summed E-state index contributed by atoms with van der Waals surface area (Å²) in [5, 5.41) is 3.90. The molecule has 3 rings (SSSR count). The van der Waals surface area contributed by atoms with E-state index in [1.54, 1.807) is 43.3 Å². The molecule has 2 amide bonds. The highest BCUT2D eigenvalue weighted by molar-refractivity contribution is 7.92. The molecule has 0 aliphatic heterocycles. The van der Waals surface area contributed by atoms with Crippen LogP contribution in [0.3, 0.4) is 0 Å². The maximum atomic E-state index is 14.0. The van der Waals surface area contributed by atoms with Gasteiger partial charge in [-0.25, -0.2) is 8.42 Å². The number of anilines is 1. The van der Waals surface area contributed by atoms with E-state index in [4.69, 9.17) is 46.4 Å². The Bertz CT molecular complexity index is 1460. The van der Waals surface area contributed by atoms with E-state index in [-0.39, 0.29) is 34.5 Å². The van der Waals surface area contributed by atoms with Crippen molar-refractivity contribution in [2.45, 2.75) is 44.2 Å². The maximum absolute atomic E-state index is 14.0. The van der Waals surface area contributed by atoms with Crippen LogP contribution < -0.4 is 9.62 Å². The Morgan fingerprint density at radius 2 is 1.50 bits per heavy atom. The van der Waals surface area contributed by atoms with E-state index in [9.17, 15) is 18.0 Å². The molecule has 0 bridgehead atoms. The van der Waals surface area contributed by atoms with E-state index in [0.29, 0.717) is 33.6 Å².